The number of rotatable bonds is 2. The molecule has 1 fully saturated rings. The lowest BCUT2D eigenvalue weighted by Crippen LogP contribution is -2.03. The number of carboxylic acids is 1. The van der Waals surface area contributed by atoms with Gasteiger partial charge in [-0.1, -0.05) is 13.8 Å². The van der Waals surface area contributed by atoms with Gasteiger partial charge in [-0.2, -0.15) is 0 Å². The zero-order chi connectivity index (χ0) is 8.65. The van der Waals surface area contributed by atoms with Crippen molar-refractivity contribution in [1.29, 1.82) is 0 Å². The lowest BCUT2D eigenvalue weighted by Gasteiger charge is -1.95. The van der Waals surface area contributed by atoms with E-state index in [9.17, 15) is 4.79 Å². The predicted molar refractivity (Wildman–Crippen MR) is 38.7 cm³/mol. The highest BCUT2D eigenvalue weighted by molar-refractivity contribution is 5.84. The van der Waals surface area contributed by atoms with Gasteiger partial charge in [0.15, 0.2) is 0 Å². The maximum Gasteiger partial charge on any atom is 0.307 e. The summed E-state index contributed by atoms with van der Waals surface area (Å²) in [4.78, 5) is 10.5. The van der Waals surface area contributed by atoms with Crippen molar-refractivity contribution in [2.75, 3.05) is 0 Å². The summed E-state index contributed by atoms with van der Waals surface area (Å²) in [6.45, 7) is 3.69. The van der Waals surface area contributed by atoms with Crippen molar-refractivity contribution >= 4 is 12.2 Å². The fourth-order valence-corrected chi connectivity index (χ4v) is 1.50. The average molecular weight is 157 g/mol. The molecule has 2 atom stereocenters. The minimum Gasteiger partial charge on any atom is -0.481 e. The van der Waals surface area contributed by atoms with Crippen LogP contribution in [-0.4, -0.2) is 22.5 Å². The molecule has 62 valence electrons. The average Bonchev–Trinajstić information content (AvgIpc) is 2.35. The molecule has 0 aromatic rings. The van der Waals surface area contributed by atoms with Gasteiger partial charge in [0.1, 0.15) is 0 Å². The lowest BCUT2D eigenvalue weighted by atomic mass is 10.1. The van der Waals surface area contributed by atoms with Crippen molar-refractivity contribution < 1.29 is 15.1 Å². The maximum absolute atomic E-state index is 10.5. The van der Waals surface area contributed by atoms with E-state index in [1.54, 1.807) is 0 Å². The van der Waals surface area contributed by atoms with Crippen molar-refractivity contribution in [1.82, 2.24) is 0 Å². The monoisotopic (exact) mass is 157 g/mol. The molecule has 0 amide bonds. The first-order valence-corrected chi connectivity index (χ1v) is 3.42. The molecule has 0 aliphatic heterocycles. The normalized spacial score (nSPS) is 34.0. The molecule has 1 saturated carbocycles. The second kappa shape index (κ2) is 2.22. The molecule has 0 bridgehead atoms. The van der Waals surface area contributed by atoms with Crippen LogP contribution < -0.4 is 0 Å². The van der Waals surface area contributed by atoms with Gasteiger partial charge < -0.3 is 10.3 Å². The van der Waals surface area contributed by atoms with Crippen molar-refractivity contribution in [2.24, 2.45) is 22.4 Å². The Morgan fingerprint density at radius 3 is 2.45 bits per heavy atom. The van der Waals surface area contributed by atoms with E-state index in [2.05, 4.69) is 5.16 Å². The summed E-state index contributed by atoms with van der Waals surface area (Å²) in [5, 5.41) is 19.7. The quantitative estimate of drug-likeness (QED) is 0.354. The zero-order valence-corrected chi connectivity index (χ0v) is 6.48. The second-order valence-electron chi connectivity index (χ2n) is 3.43. The van der Waals surface area contributed by atoms with Gasteiger partial charge in [-0.15, -0.1) is 5.16 Å². The van der Waals surface area contributed by atoms with Gasteiger partial charge in [0.2, 0.25) is 0 Å². The Morgan fingerprint density at radius 1 is 1.64 bits per heavy atom. The predicted octanol–water partition coefficient (Wildman–Crippen LogP) is 0.803. The van der Waals surface area contributed by atoms with E-state index in [1.807, 2.05) is 13.8 Å². The van der Waals surface area contributed by atoms with Gasteiger partial charge in [0, 0.05) is 12.1 Å². The van der Waals surface area contributed by atoms with Gasteiger partial charge in [0.05, 0.1) is 5.92 Å². The summed E-state index contributed by atoms with van der Waals surface area (Å²) in [5.74, 6) is -1.33. The van der Waals surface area contributed by atoms with Crippen LogP contribution >= 0.6 is 0 Å². The van der Waals surface area contributed by atoms with Crippen molar-refractivity contribution in [3.8, 4) is 0 Å². The third kappa shape index (κ3) is 1.08. The summed E-state index contributed by atoms with van der Waals surface area (Å²) in [5.41, 5.74) is -0.252. The van der Waals surface area contributed by atoms with Crippen molar-refractivity contribution in [3.05, 3.63) is 0 Å². The van der Waals surface area contributed by atoms with Crippen molar-refractivity contribution in [3.63, 3.8) is 0 Å². The van der Waals surface area contributed by atoms with Gasteiger partial charge in [-0.05, 0) is 5.41 Å². The number of nitrogens with zero attached hydrogens (tertiary/aromatic N) is 1. The molecule has 0 spiro atoms. The van der Waals surface area contributed by atoms with Crippen LogP contribution in [0.3, 0.4) is 0 Å². The number of carboxylic acid groups (broad SMARTS) is 1. The Kier molecular flexibility index (Phi) is 1.62. The van der Waals surface area contributed by atoms with E-state index in [0.717, 1.165) is 0 Å². The molecule has 11 heavy (non-hydrogen) atoms. The highest BCUT2D eigenvalue weighted by Crippen LogP contribution is 2.57. The smallest absolute Gasteiger partial charge is 0.307 e. The van der Waals surface area contributed by atoms with Crippen LogP contribution in [0, 0.1) is 17.3 Å². The largest absolute Gasteiger partial charge is 0.481 e. The molecule has 0 unspecified atom stereocenters. The van der Waals surface area contributed by atoms with E-state index >= 15 is 0 Å². The van der Waals surface area contributed by atoms with Gasteiger partial charge in [0.25, 0.3) is 0 Å². The summed E-state index contributed by atoms with van der Waals surface area (Å²) >= 11 is 0. The molecule has 0 aromatic carbocycles. The minimum atomic E-state index is -0.820. The van der Waals surface area contributed by atoms with E-state index < -0.39 is 11.9 Å². The third-order valence-corrected chi connectivity index (χ3v) is 2.40. The van der Waals surface area contributed by atoms with Crippen molar-refractivity contribution in [2.45, 2.75) is 13.8 Å². The van der Waals surface area contributed by atoms with E-state index in [1.165, 1.54) is 6.21 Å². The van der Waals surface area contributed by atoms with Crippen LogP contribution in [0.2, 0.25) is 0 Å². The molecule has 1 aliphatic carbocycles. The van der Waals surface area contributed by atoms with Gasteiger partial charge >= 0.3 is 5.97 Å². The Bertz CT molecular complexity index is 210. The molecule has 1 aliphatic rings. The first-order chi connectivity index (χ1) is 5.01. The van der Waals surface area contributed by atoms with Crippen LogP contribution in [0.5, 0.6) is 0 Å². The number of hydrogen-bond donors (Lipinski definition) is 2. The van der Waals surface area contributed by atoms with Crippen LogP contribution in [-0.2, 0) is 4.79 Å². The highest BCUT2D eigenvalue weighted by atomic mass is 16.4. The molecule has 4 nitrogen and oxygen atoms in total. The van der Waals surface area contributed by atoms with Gasteiger partial charge in [-0.25, -0.2) is 0 Å². The van der Waals surface area contributed by atoms with Crippen LogP contribution in [0.1, 0.15) is 13.8 Å². The Labute approximate surface area is 64.5 Å². The standard InChI is InChI=1S/C7H11NO3/c1-7(2)4(3-8-11)5(7)6(9)10/h3-5,11H,1-2H3,(H,9,10)/t4-,5-/m0/s1. The number of aliphatic carboxylic acids is 1. The van der Waals surface area contributed by atoms with E-state index in [4.69, 9.17) is 10.3 Å². The minimum absolute atomic E-state index is 0.120. The summed E-state index contributed by atoms with van der Waals surface area (Å²) in [7, 11) is 0. The molecule has 0 saturated heterocycles. The van der Waals surface area contributed by atoms with E-state index in [0.29, 0.717) is 0 Å². The van der Waals surface area contributed by atoms with Gasteiger partial charge in [-0.3, -0.25) is 4.79 Å². The molecular formula is C7H11NO3. The van der Waals surface area contributed by atoms with Crippen LogP contribution in [0.25, 0.3) is 0 Å². The Hall–Kier alpha value is -1.06. The molecule has 0 heterocycles. The molecular weight excluding hydrogens is 146 g/mol. The molecule has 0 radical (unpaired) electrons. The second-order valence-corrected chi connectivity index (χ2v) is 3.43. The Morgan fingerprint density at radius 2 is 2.18 bits per heavy atom. The third-order valence-electron chi connectivity index (χ3n) is 2.40. The molecule has 4 heteroatoms. The van der Waals surface area contributed by atoms with E-state index in [-0.39, 0.29) is 11.3 Å². The highest BCUT2D eigenvalue weighted by Gasteiger charge is 2.61. The summed E-state index contributed by atoms with van der Waals surface area (Å²) in [6.07, 6.45) is 1.29. The first-order valence-electron chi connectivity index (χ1n) is 3.42. The summed E-state index contributed by atoms with van der Waals surface area (Å²) in [6, 6.07) is 0. The maximum atomic E-state index is 10.5. The Balaban J connectivity index is 2.68. The fraction of sp³-hybridized carbons (Fsp3) is 0.714. The van der Waals surface area contributed by atoms with Crippen LogP contribution in [0.4, 0.5) is 0 Å². The number of carbonyl (C=O) groups is 1. The fourth-order valence-electron chi connectivity index (χ4n) is 1.50. The lowest BCUT2D eigenvalue weighted by molar-refractivity contribution is -0.139. The SMILES string of the molecule is CC1(C)[C@H](C(=O)O)[C@@H]1C=NO. The summed E-state index contributed by atoms with van der Waals surface area (Å²) < 4.78 is 0. The molecule has 2 N–H and O–H groups in total. The van der Waals surface area contributed by atoms with Crippen LogP contribution in [0.15, 0.2) is 5.16 Å². The topological polar surface area (TPSA) is 69.9 Å². The number of hydrogen-bond acceptors (Lipinski definition) is 3. The molecule has 1 rings (SSSR count). The zero-order valence-electron chi connectivity index (χ0n) is 6.48. The first kappa shape index (κ1) is 8.04. The molecule has 0 aromatic heterocycles. The number of oxime groups is 1.